The van der Waals surface area contributed by atoms with E-state index < -0.39 is 0 Å². The number of hydrogen-bond donors (Lipinski definition) is 2. The van der Waals surface area contributed by atoms with Gasteiger partial charge in [-0.15, -0.1) is 0 Å². The van der Waals surface area contributed by atoms with Gasteiger partial charge in [-0.2, -0.15) is 0 Å². The van der Waals surface area contributed by atoms with Crippen molar-refractivity contribution in [2.45, 2.75) is 44.6 Å². The molecule has 3 rings (SSSR count). The van der Waals surface area contributed by atoms with Gasteiger partial charge in [-0.3, -0.25) is 16.3 Å². The third kappa shape index (κ3) is 2.99. The number of hydrazine groups is 1. The summed E-state index contributed by atoms with van der Waals surface area (Å²) in [5.41, 5.74) is 8.47. The molecule has 3 nitrogen and oxygen atoms in total. The van der Waals surface area contributed by atoms with E-state index in [1.54, 1.807) is 0 Å². The van der Waals surface area contributed by atoms with Crippen LogP contribution in [0, 0.1) is 6.92 Å². The summed E-state index contributed by atoms with van der Waals surface area (Å²) in [6, 6.07) is 11.1. The van der Waals surface area contributed by atoms with Gasteiger partial charge in [0.05, 0.1) is 0 Å². The number of nitrogens with two attached hydrogens (primary N) is 1. The topological polar surface area (TPSA) is 50.9 Å². The van der Waals surface area contributed by atoms with Crippen LogP contribution in [0.1, 0.15) is 53.5 Å². The number of aromatic nitrogens is 1. The Morgan fingerprint density at radius 3 is 3.00 bits per heavy atom. The minimum Gasteiger partial charge on any atom is -0.271 e. The Bertz CT molecular complexity index is 609. The van der Waals surface area contributed by atoms with Crippen molar-refractivity contribution in [2.24, 2.45) is 5.84 Å². The normalized spacial score (nSPS) is 19.0. The number of nitrogens with one attached hydrogen (secondary N) is 1. The number of nitrogens with zero attached hydrogens (tertiary/aromatic N) is 1. The van der Waals surface area contributed by atoms with Gasteiger partial charge in [0.15, 0.2) is 0 Å². The Balaban J connectivity index is 1.84. The van der Waals surface area contributed by atoms with Crippen molar-refractivity contribution in [3.05, 3.63) is 65.0 Å². The molecule has 1 aliphatic rings. The van der Waals surface area contributed by atoms with Crippen LogP contribution in [0.15, 0.2) is 42.7 Å². The maximum Gasteiger partial charge on any atom is 0.0483 e. The van der Waals surface area contributed by atoms with Gasteiger partial charge in [-0.1, -0.05) is 24.3 Å². The molecule has 0 spiro atoms. The van der Waals surface area contributed by atoms with Gasteiger partial charge in [0, 0.05) is 18.4 Å². The van der Waals surface area contributed by atoms with E-state index in [4.69, 9.17) is 5.84 Å². The molecule has 1 aliphatic carbocycles. The predicted octanol–water partition coefficient (Wildman–Crippen LogP) is 3.40. The molecule has 0 bridgehead atoms. The average molecular weight is 281 g/mol. The SMILES string of the molecule is Cc1ccncc1C(CC1CCCc2ccccc21)NN. The van der Waals surface area contributed by atoms with E-state index in [2.05, 4.69) is 47.7 Å². The van der Waals surface area contributed by atoms with Crippen LogP contribution in [0.4, 0.5) is 0 Å². The van der Waals surface area contributed by atoms with Gasteiger partial charge in [-0.05, 0) is 66.8 Å². The minimum absolute atomic E-state index is 0.162. The lowest BCUT2D eigenvalue weighted by atomic mass is 9.78. The van der Waals surface area contributed by atoms with E-state index >= 15 is 0 Å². The zero-order chi connectivity index (χ0) is 14.7. The van der Waals surface area contributed by atoms with Crippen molar-refractivity contribution in [3.8, 4) is 0 Å². The smallest absolute Gasteiger partial charge is 0.0483 e. The van der Waals surface area contributed by atoms with Crippen LogP contribution in [0.5, 0.6) is 0 Å². The summed E-state index contributed by atoms with van der Waals surface area (Å²) < 4.78 is 0. The highest BCUT2D eigenvalue weighted by atomic mass is 15.2. The second-order valence-electron chi connectivity index (χ2n) is 5.98. The van der Waals surface area contributed by atoms with Crippen LogP contribution in [0.2, 0.25) is 0 Å². The van der Waals surface area contributed by atoms with E-state index in [1.165, 1.54) is 41.5 Å². The first-order valence-corrected chi connectivity index (χ1v) is 7.74. The lowest BCUT2D eigenvalue weighted by molar-refractivity contribution is 0.424. The maximum absolute atomic E-state index is 5.83. The lowest BCUT2D eigenvalue weighted by Gasteiger charge is -2.29. The highest BCUT2D eigenvalue weighted by molar-refractivity contribution is 5.33. The van der Waals surface area contributed by atoms with Crippen LogP contribution in [0.25, 0.3) is 0 Å². The molecule has 3 N–H and O–H groups in total. The van der Waals surface area contributed by atoms with E-state index in [1.807, 2.05) is 12.4 Å². The number of aryl methyl sites for hydroxylation is 2. The number of pyridine rings is 1. The number of fused-ring (bicyclic) bond motifs is 1. The lowest BCUT2D eigenvalue weighted by Crippen LogP contribution is -2.30. The quantitative estimate of drug-likeness (QED) is 0.667. The molecule has 2 aromatic rings. The van der Waals surface area contributed by atoms with Crippen LogP contribution in [-0.4, -0.2) is 4.98 Å². The fraction of sp³-hybridized carbons (Fsp3) is 0.389. The molecule has 0 amide bonds. The molecule has 1 aromatic carbocycles. The Morgan fingerprint density at radius 2 is 2.19 bits per heavy atom. The molecule has 1 heterocycles. The molecular formula is C18H23N3. The monoisotopic (exact) mass is 281 g/mol. The van der Waals surface area contributed by atoms with Crippen molar-refractivity contribution >= 4 is 0 Å². The molecular weight excluding hydrogens is 258 g/mol. The van der Waals surface area contributed by atoms with Gasteiger partial charge in [0.25, 0.3) is 0 Å². The summed E-state index contributed by atoms with van der Waals surface area (Å²) in [6.07, 6.45) is 8.52. The van der Waals surface area contributed by atoms with Gasteiger partial charge >= 0.3 is 0 Å². The molecule has 0 saturated carbocycles. The highest BCUT2D eigenvalue weighted by Gasteiger charge is 2.24. The van der Waals surface area contributed by atoms with E-state index in [9.17, 15) is 0 Å². The zero-order valence-electron chi connectivity index (χ0n) is 12.5. The van der Waals surface area contributed by atoms with Crippen LogP contribution < -0.4 is 11.3 Å². The molecule has 2 unspecified atom stereocenters. The first-order valence-electron chi connectivity index (χ1n) is 7.74. The van der Waals surface area contributed by atoms with Crippen molar-refractivity contribution < 1.29 is 0 Å². The molecule has 3 heteroatoms. The second kappa shape index (κ2) is 6.37. The average Bonchev–Trinajstić information content (AvgIpc) is 2.53. The molecule has 21 heavy (non-hydrogen) atoms. The Labute approximate surface area is 126 Å². The van der Waals surface area contributed by atoms with E-state index in [0.29, 0.717) is 5.92 Å². The van der Waals surface area contributed by atoms with Gasteiger partial charge in [-0.25, -0.2) is 0 Å². The van der Waals surface area contributed by atoms with Crippen LogP contribution in [-0.2, 0) is 6.42 Å². The van der Waals surface area contributed by atoms with Gasteiger partial charge < -0.3 is 0 Å². The number of hydrogen-bond acceptors (Lipinski definition) is 3. The van der Waals surface area contributed by atoms with Gasteiger partial charge in [0.1, 0.15) is 0 Å². The number of rotatable bonds is 4. The Kier molecular flexibility index (Phi) is 4.32. The highest BCUT2D eigenvalue weighted by Crippen LogP contribution is 2.37. The summed E-state index contributed by atoms with van der Waals surface area (Å²) in [6.45, 7) is 2.12. The largest absolute Gasteiger partial charge is 0.271 e. The summed E-state index contributed by atoms with van der Waals surface area (Å²) in [4.78, 5) is 4.26. The molecule has 0 fully saturated rings. The second-order valence-corrected chi connectivity index (χ2v) is 5.98. The standard InChI is InChI=1S/C18H23N3/c1-13-9-10-20-12-17(13)18(21-19)11-15-7-4-6-14-5-2-3-8-16(14)15/h2-3,5,8-10,12,15,18,21H,4,6-7,11,19H2,1H3. The Morgan fingerprint density at radius 1 is 1.33 bits per heavy atom. The first-order chi connectivity index (χ1) is 10.3. The fourth-order valence-corrected chi connectivity index (χ4v) is 3.51. The molecule has 1 aromatic heterocycles. The summed E-state index contributed by atoms with van der Waals surface area (Å²) in [7, 11) is 0. The van der Waals surface area contributed by atoms with Crippen LogP contribution >= 0.6 is 0 Å². The number of benzene rings is 1. The predicted molar refractivity (Wildman–Crippen MR) is 85.8 cm³/mol. The molecule has 0 radical (unpaired) electrons. The fourth-order valence-electron chi connectivity index (χ4n) is 3.51. The van der Waals surface area contributed by atoms with Crippen molar-refractivity contribution in [2.75, 3.05) is 0 Å². The third-order valence-corrected chi connectivity index (χ3v) is 4.67. The van der Waals surface area contributed by atoms with Crippen molar-refractivity contribution in [1.29, 1.82) is 0 Å². The first kappa shape index (κ1) is 14.2. The maximum atomic E-state index is 5.83. The minimum atomic E-state index is 0.162. The molecule has 0 aliphatic heterocycles. The zero-order valence-corrected chi connectivity index (χ0v) is 12.5. The molecule has 110 valence electrons. The summed E-state index contributed by atoms with van der Waals surface area (Å²) in [5.74, 6) is 6.41. The van der Waals surface area contributed by atoms with Crippen molar-refractivity contribution in [3.63, 3.8) is 0 Å². The summed E-state index contributed by atoms with van der Waals surface area (Å²) >= 11 is 0. The third-order valence-electron chi connectivity index (χ3n) is 4.67. The van der Waals surface area contributed by atoms with Crippen LogP contribution in [0.3, 0.4) is 0 Å². The van der Waals surface area contributed by atoms with E-state index in [-0.39, 0.29) is 6.04 Å². The molecule has 2 atom stereocenters. The van der Waals surface area contributed by atoms with E-state index in [0.717, 1.165) is 6.42 Å². The summed E-state index contributed by atoms with van der Waals surface area (Å²) in [5, 5.41) is 0. The van der Waals surface area contributed by atoms with Crippen molar-refractivity contribution in [1.82, 2.24) is 10.4 Å². The van der Waals surface area contributed by atoms with Gasteiger partial charge in [0.2, 0.25) is 0 Å². The molecule has 0 saturated heterocycles. The Hall–Kier alpha value is -1.71.